The van der Waals surface area contributed by atoms with Crippen molar-refractivity contribution in [3.05, 3.63) is 24.0 Å². The van der Waals surface area contributed by atoms with E-state index in [1.165, 1.54) is 22.8 Å². The maximum absolute atomic E-state index is 12.6. The first-order valence-electron chi connectivity index (χ1n) is 6.85. The number of rotatable bonds is 3. The van der Waals surface area contributed by atoms with E-state index >= 15 is 0 Å². The largest absolute Gasteiger partial charge is 0.384 e. The highest BCUT2D eigenvalue weighted by molar-refractivity contribution is 7.89. The van der Waals surface area contributed by atoms with Gasteiger partial charge in [-0.2, -0.15) is 4.31 Å². The van der Waals surface area contributed by atoms with E-state index in [0.29, 0.717) is 18.7 Å². The van der Waals surface area contributed by atoms with Gasteiger partial charge in [0.1, 0.15) is 11.5 Å². The molecule has 1 fully saturated rings. The van der Waals surface area contributed by atoms with Crippen LogP contribution in [0.2, 0.25) is 0 Å². The van der Waals surface area contributed by atoms with Crippen molar-refractivity contribution in [1.82, 2.24) is 14.2 Å². The summed E-state index contributed by atoms with van der Waals surface area (Å²) in [6.45, 7) is 5.20. The van der Waals surface area contributed by atoms with Gasteiger partial charge in [0.2, 0.25) is 10.0 Å². The molecule has 0 amide bonds. The molecule has 1 aliphatic heterocycles. The molecule has 1 aromatic heterocycles. The Morgan fingerprint density at radius 3 is 2.62 bits per heavy atom. The molecule has 2 rings (SSSR count). The van der Waals surface area contributed by atoms with E-state index in [4.69, 9.17) is 5.11 Å². The average Bonchev–Trinajstić information content (AvgIpc) is 2.53. The van der Waals surface area contributed by atoms with Crippen molar-refractivity contribution < 1.29 is 13.5 Å². The molecular weight excluding hydrogens is 290 g/mol. The van der Waals surface area contributed by atoms with E-state index in [9.17, 15) is 8.42 Å². The van der Waals surface area contributed by atoms with Crippen LogP contribution in [-0.4, -0.2) is 67.0 Å². The number of piperazine rings is 1. The first kappa shape index (κ1) is 15.9. The SMILES string of the molecule is CCN1CCN(S(=O)(=O)c2cncc(C#CCO)c2)CC1. The summed E-state index contributed by atoms with van der Waals surface area (Å²) in [5.74, 6) is 5.16. The summed E-state index contributed by atoms with van der Waals surface area (Å²) in [6, 6.07) is 1.50. The van der Waals surface area contributed by atoms with Gasteiger partial charge in [0.25, 0.3) is 0 Å². The van der Waals surface area contributed by atoms with Crippen molar-refractivity contribution in [2.24, 2.45) is 0 Å². The van der Waals surface area contributed by atoms with Gasteiger partial charge >= 0.3 is 0 Å². The molecule has 1 aromatic rings. The molecule has 0 bridgehead atoms. The molecule has 1 saturated heterocycles. The van der Waals surface area contributed by atoms with Crippen LogP contribution in [0.1, 0.15) is 12.5 Å². The summed E-state index contributed by atoms with van der Waals surface area (Å²) in [5.41, 5.74) is 0.484. The fourth-order valence-electron chi connectivity index (χ4n) is 2.21. The molecule has 0 radical (unpaired) electrons. The minimum Gasteiger partial charge on any atom is -0.384 e. The molecule has 0 aliphatic carbocycles. The molecule has 114 valence electrons. The Labute approximate surface area is 125 Å². The molecule has 0 spiro atoms. The molecule has 0 aromatic carbocycles. The van der Waals surface area contributed by atoms with Gasteiger partial charge in [-0.05, 0) is 12.6 Å². The number of pyridine rings is 1. The Hall–Kier alpha value is -1.46. The zero-order valence-electron chi connectivity index (χ0n) is 12.0. The van der Waals surface area contributed by atoms with Crippen molar-refractivity contribution in [1.29, 1.82) is 0 Å². The van der Waals surface area contributed by atoms with Crippen LogP contribution in [0.25, 0.3) is 0 Å². The van der Waals surface area contributed by atoms with Crippen LogP contribution in [0.4, 0.5) is 0 Å². The van der Waals surface area contributed by atoms with E-state index < -0.39 is 10.0 Å². The highest BCUT2D eigenvalue weighted by atomic mass is 32.2. The summed E-state index contributed by atoms with van der Waals surface area (Å²) in [5, 5.41) is 8.68. The summed E-state index contributed by atoms with van der Waals surface area (Å²) >= 11 is 0. The molecular formula is C14H19N3O3S. The van der Waals surface area contributed by atoms with Crippen molar-refractivity contribution in [2.45, 2.75) is 11.8 Å². The number of hydrogen-bond acceptors (Lipinski definition) is 5. The zero-order chi connectivity index (χ0) is 15.3. The quantitative estimate of drug-likeness (QED) is 0.780. The van der Waals surface area contributed by atoms with Crippen molar-refractivity contribution in [3.8, 4) is 11.8 Å². The van der Waals surface area contributed by atoms with Crippen LogP contribution in [0.5, 0.6) is 0 Å². The highest BCUT2D eigenvalue weighted by Gasteiger charge is 2.28. The standard InChI is InChI=1S/C14H19N3O3S/c1-2-16-5-7-17(8-6-16)21(19,20)14-10-13(4-3-9-18)11-15-12-14/h10-12,18H,2,5-9H2,1H3. The van der Waals surface area contributed by atoms with Crippen LogP contribution in [0, 0.1) is 11.8 Å². The van der Waals surface area contributed by atoms with Crippen LogP contribution >= 0.6 is 0 Å². The van der Waals surface area contributed by atoms with Crippen LogP contribution in [0.3, 0.4) is 0 Å². The Morgan fingerprint density at radius 1 is 1.29 bits per heavy atom. The first-order chi connectivity index (χ1) is 10.1. The predicted molar refractivity (Wildman–Crippen MR) is 79.1 cm³/mol. The third-order valence-electron chi connectivity index (χ3n) is 3.44. The lowest BCUT2D eigenvalue weighted by atomic mass is 10.3. The number of sulfonamides is 1. The lowest BCUT2D eigenvalue weighted by Gasteiger charge is -2.33. The van der Waals surface area contributed by atoms with E-state index in [1.807, 2.05) is 0 Å². The Morgan fingerprint density at radius 2 is 2.00 bits per heavy atom. The van der Waals surface area contributed by atoms with Gasteiger partial charge in [-0.15, -0.1) is 0 Å². The topological polar surface area (TPSA) is 73.7 Å². The molecule has 0 atom stereocenters. The van der Waals surface area contributed by atoms with E-state index in [0.717, 1.165) is 19.6 Å². The molecule has 6 nitrogen and oxygen atoms in total. The first-order valence-corrected chi connectivity index (χ1v) is 8.29. The number of likely N-dealkylation sites (N-methyl/N-ethyl adjacent to an activating group) is 1. The highest BCUT2D eigenvalue weighted by Crippen LogP contribution is 2.17. The van der Waals surface area contributed by atoms with Crippen molar-refractivity contribution >= 4 is 10.0 Å². The minimum atomic E-state index is -3.53. The lowest BCUT2D eigenvalue weighted by molar-refractivity contribution is 0.196. The third-order valence-corrected chi connectivity index (χ3v) is 5.31. The number of aromatic nitrogens is 1. The second kappa shape index (κ2) is 7.00. The van der Waals surface area contributed by atoms with Gasteiger partial charge < -0.3 is 10.0 Å². The van der Waals surface area contributed by atoms with Gasteiger partial charge in [-0.3, -0.25) is 4.98 Å². The number of aliphatic hydroxyl groups is 1. The van der Waals surface area contributed by atoms with Crippen molar-refractivity contribution in [2.75, 3.05) is 39.3 Å². The van der Waals surface area contributed by atoms with Crippen LogP contribution in [-0.2, 0) is 10.0 Å². The average molecular weight is 309 g/mol. The van der Waals surface area contributed by atoms with Gasteiger partial charge in [-0.25, -0.2) is 8.42 Å². The Bertz CT molecular complexity index is 641. The maximum Gasteiger partial charge on any atom is 0.244 e. The smallest absolute Gasteiger partial charge is 0.244 e. The summed E-state index contributed by atoms with van der Waals surface area (Å²) < 4.78 is 26.6. The fourth-order valence-corrected chi connectivity index (χ4v) is 3.62. The maximum atomic E-state index is 12.6. The lowest BCUT2D eigenvalue weighted by Crippen LogP contribution is -2.48. The van der Waals surface area contributed by atoms with E-state index in [1.54, 1.807) is 0 Å². The molecule has 0 saturated carbocycles. The van der Waals surface area contributed by atoms with Crippen LogP contribution in [0.15, 0.2) is 23.4 Å². The number of aliphatic hydroxyl groups excluding tert-OH is 1. The summed E-state index contributed by atoms with van der Waals surface area (Å²) in [6.07, 6.45) is 2.82. The second-order valence-electron chi connectivity index (χ2n) is 4.71. The Kier molecular flexibility index (Phi) is 5.31. The third kappa shape index (κ3) is 3.80. The van der Waals surface area contributed by atoms with Gasteiger partial charge in [-0.1, -0.05) is 18.8 Å². The van der Waals surface area contributed by atoms with Gasteiger partial charge in [0, 0.05) is 44.1 Å². The fraction of sp³-hybridized carbons (Fsp3) is 0.500. The van der Waals surface area contributed by atoms with Crippen molar-refractivity contribution in [3.63, 3.8) is 0 Å². The predicted octanol–water partition coefficient (Wildman–Crippen LogP) is -0.248. The normalized spacial score (nSPS) is 17.2. The van der Waals surface area contributed by atoms with Gasteiger partial charge in [0.05, 0.1) is 0 Å². The molecule has 21 heavy (non-hydrogen) atoms. The molecule has 7 heteroatoms. The summed E-state index contributed by atoms with van der Waals surface area (Å²) in [4.78, 5) is 6.30. The number of nitrogens with zero attached hydrogens (tertiary/aromatic N) is 3. The summed E-state index contributed by atoms with van der Waals surface area (Å²) in [7, 11) is -3.53. The minimum absolute atomic E-state index is 0.150. The molecule has 1 aliphatic rings. The van der Waals surface area contributed by atoms with E-state index in [-0.39, 0.29) is 11.5 Å². The number of hydrogen-bond donors (Lipinski definition) is 1. The van der Waals surface area contributed by atoms with Gasteiger partial charge in [0.15, 0.2) is 0 Å². The Balaban J connectivity index is 2.20. The van der Waals surface area contributed by atoms with E-state index in [2.05, 4.69) is 28.6 Å². The molecule has 0 unspecified atom stereocenters. The molecule has 1 N–H and O–H groups in total. The monoisotopic (exact) mass is 309 g/mol. The zero-order valence-corrected chi connectivity index (χ0v) is 12.8. The second-order valence-corrected chi connectivity index (χ2v) is 6.65. The van der Waals surface area contributed by atoms with Crippen LogP contribution < -0.4 is 0 Å². The molecule has 2 heterocycles.